The van der Waals surface area contributed by atoms with Crippen molar-refractivity contribution in [1.82, 2.24) is 15.1 Å². The first-order valence-electron chi connectivity index (χ1n) is 8.17. The molecule has 0 aliphatic carbocycles. The first-order valence-corrected chi connectivity index (χ1v) is 8.17. The number of primary amides is 1. The summed E-state index contributed by atoms with van der Waals surface area (Å²) in [5.41, 5.74) is 5.23. The smallest absolute Gasteiger partial charge is 0.231 e. The standard InChI is InChI=1S/C15H28N4O2/c16-14(20)12-18-8-3-9-19(11-10-18)15(21)6-5-13-4-1-2-7-17-13/h13,17H,1-12H2,(H2,16,20). The van der Waals surface area contributed by atoms with Crippen molar-refractivity contribution in [3.63, 3.8) is 0 Å². The molecule has 0 aromatic carbocycles. The van der Waals surface area contributed by atoms with E-state index in [0.29, 0.717) is 25.6 Å². The van der Waals surface area contributed by atoms with E-state index in [1.807, 2.05) is 9.80 Å². The second-order valence-electron chi connectivity index (χ2n) is 6.16. The Morgan fingerprint density at radius 3 is 2.67 bits per heavy atom. The number of piperidine rings is 1. The van der Waals surface area contributed by atoms with Gasteiger partial charge in [0.2, 0.25) is 11.8 Å². The minimum absolute atomic E-state index is 0.253. The molecule has 2 heterocycles. The third-order valence-corrected chi connectivity index (χ3v) is 4.44. The summed E-state index contributed by atoms with van der Waals surface area (Å²) in [6, 6.07) is 0.515. The van der Waals surface area contributed by atoms with Gasteiger partial charge in [-0.1, -0.05) is 6.42 Å². The number of nitrogens with one attached hydrogen (secondary N) is 1. The predicted octanol–water partition coefficient (Wildman–Crippen LogP) is -0.0717. The maximum atomic E-state index is 12.3. The van der Waals surface area contributed by atoms with Crippen LogP contribution in [0.4, 0.5) is 0 Å². The molecule has 0 bridgehead atoms. The molecule has 0 aromatic heterocycles. The van der Waals surface area contributed by atoms with Gasteiger partial charge in [0.1, 0.15) is 0 Å². The zero-order chi connectivity index (χ0) is 15.1. The second kappa shape index (κ2) is 8.34. The summed E-state index contributed by atoms with van der Waals surface area (Å²) < 4.78 is 0. The Bertz CT molecular complexity index is 356. The van der Waals surface area contributed by atoms with Gasteiger partial charge in [-0.15, -0.1) is 0 Å². The predicted molar refractivity (Wildman–Crippen MR) is 81.7 cm³/mol. The average Bonchev–Trinajstić information content (AvgIpc) is 2.71. The van der Waals surface area contributed by atoms with E-state index < -0.39 is 0 Å². The zero-order valence-corrected chi connectivity index (χ0v) is 12.9. The lowest BCUT2D eigenvalue weighted by Crippen LogP contribution is -2.39. The summed E-state index contributed by atoms with van der Waals surface area (Å²) in [5.74, 6) is -0.0403. The van der Waals surface area contributed by atoms with Gasteiger partial charge < -0.3 is 16.0 Å². The number of nitrogens with two attached hydrogens (primary N) is 1. The van der Waals surface area contributed by atoms with Gasteiger partial charge in [-0.2, -0.15) is 0 Å². The van der Waals surface area contributed by atoms with E-state index in [1.165, 1.54) is 19.3 Å². The Labute approximate surface area is 127 Å². The fraction of sp³-hybridized carbons (Fsp3) is 0.867. The number of rotatable bonds is 5. The molecule has 21 heavy (non-hydrogen) atoms. The second-order valence-corrected chi connectivity index (χ2v) is 6.16. The van der Waals surface area contributed by atoms with Crippen molar-refractivity contribution in [1.29, 1.82) is 0 Å². The van der Waals surface area contributed by atoms with Crippen molar-refractivity contribution in [2.45, 2.75) is 44.6 Å². The third kappa shape index (κ3) is 5.63. The molecular weight excluding hydrogens is 268 g/mol. The average molecular weight is 296 g/mol. The van der Waals surface area contributed by atoms with Crippen LogP contribution in [-0.2, 0) is 9.59 Å². The first-order chi connectivity index (χ1) is 10.1. The molecule has 2 rings (SSSR count). The minimum Gasteiger partial charge on any atom is -0.369 e. The highest BCUT2D eigenvalue weighted by molar-refractivity contribution is 5.76. The summed E-state index contributed by atoms with van der Waals surface area (Å²) in [4.78, 5) is 27.3. The molecule has 2 aliphatic rings. The Balaban J connectivity index is 1.70. The van der Waals surface area contributed by atoms with Crippen LogP contribution in [0.5, 0.6) is 0 Å². The number of hydrogen-bond donors (Lipinski definition) is 2. The van der Waals surface area contributed by atoms with Gasteiger partial charge in [-0.3, -0.25) is 14.5 Å². The van der Waals surface area contributed by atoms with Crippen molar-refractivity contribution >= 4 is 11.8 Å². The molecule has 0 radical (unpaired) electrons. The van der Waals surface area contributed by atoms with E-state index in [4.69, 9.17) is 5.73 Å². The zero-order valence-electron chi connectivity index (χ0n) is 12.9. The topological polar surface area (TPSA) is 78.7 Å². The molecule has 0 spiro atoms. The van der Waals surface area contributed by atoms with E-state index >= 15 is 0 Å². The van der Waals surface area contributed by atoms with E-state index in [9.17, 15) is 9.59 Å². The van der Waals surface area contributed by atoms with Gasteiger partial charge in [-0.25, -0.2) is 0 Å². The fourth-order valence-electron chi connectivity index (χ4n) is 3.23. The molecule has 0 saturated carbocycles. The number of carbonyl (C=O) groups excluding carboxylic acids is 2. The lowest BCUT2D eigenvalue weighted by molar-refractivity contribution is -0.131. The minimum atomic E-state index is -0.293. The van der Waals surface area contributed by atoms with E-state index in [0.717, 1.165) is 39.0 Å². The van der Waals surface area contributed by atoms with Crippen molar-refractivity contribution in [3.05, 3.63) is 0 Å². The van der Waals surface area contributed by atoms with Crippen molar-refractivity contribution in [2.75, 3.05) is 39.3 Å². The molecule has 6 heteroatoms. The number of hydrogen-bond acceptors (Lipinski definition) is 4. The van der Waals surface area contributed by atoms with Gasteiger partial charge in [0.25, 0.3) is 0 Å². The maximum Gasteiger partial charge on any atom is 0.231 e. The van der Waals surface area contributed by atoms with Crippen LogP contribution in [0.1, 0.15) is 38.5 Å². The molecule has 120 valence electrons. The SMILES string of the molecule is NC(=O)CN1CCCN(C(=O)CCC2CCCCN2)CC1. The molecule has 1 atom stereocenters. The van der Waals surface area contributed by atoms with Crippen LogP contribution in [0.3, 0.4) is 0 Å². The molecule has 0 aromatic rings. The number of nitrogens with zero attached hydrogens (tertiary/aromatic N) is 2. The van der Waals surface area contributed by atoms with Crippen LogP contribution in [0.15, 0.2) is 0 Å². The van der Waals surface area contributed by atoms with Crippen LogP contribution in [0.25, 0.3) is 0 Å². The van der Waals surface area contributed by atoms with Crippen LogP contribution in [-0.4, -0.2) is 66.9 Å². The van der Waals surface area contributed by atoms with E-state index in [2.05, 4.69) is 5.32 Å². The summed E-state index contributed by atoms with van der Waals surface area (Å²) in [7, 11) is 0. The van der Waals surface area contributed by atoms with Crippen LogP contribution in [0, 0.1) is 0 Å². The largest absolute Gasteiger partial charge is 0.369 e. The molecule has 2 aliphatic heterocycles. The number of amides is 2. The van der Waals surface area contributed by atoms with E-state index in [1.54, 1.807) is 0 Å². The molecule has 1 unspecified atom stereocenters. The van der Waals surface area contributed by atoms with Gasteiger partial charge >= 0.3 is 0 Å². The Kier molecular flexibility index (Phi) is 6.45. The van der Waals surface area contributed by atoms with Gasteiger partial charge in [-0.05, 0) is 32.2 Å². The van der Waals surface area contributed by atoms with Gasteiger partial charge in [0.15, 0.2) is 0 Å². The fourth-order valence-corrected chi connectivity index (χ4v) is 3.23. The maximum absolute atomic E-state index is 12.3. The molecule has 3 N–H and O–H groups in total. The molecule has 2 saturated heterocycles. The lowest BCUT2D eigenvalue weighted by atomic mass is 10.0. The molecule has 2 amide bonds. The highest BCUT2D eigenvalue weighted by Crippen LogP contribution is 2.13. The quantitative estimate of drug-likeness (QED) is 0.744. The molecule has 2 fully saturated rings. The van der Waals surface area contributed by atoms with Crippen LogP contribution < -0.4 is 11.1 Å². The van der Waals surface area contributed by atoms with Crippen molar-refractivity contribution in [3.8, 4) is 0 Å². The van der Waals surface area contributed by atoms with Crippen LogP contribution in [0.2, 0.25) is 0 Å². The summed E-state index contributed by atoms with van der Waals surface area (Å²) >= 11 is 0. The molecular formula is C15H28N4O2. The van der Waals surface area contributed by atoms with Crippen molar-refractivity contribution in [2.24, 2.45) is 5.73 Å². The number of carbonyl (C=O) groups is 2. The third-order valence-electron chi connectivity index (χ3n) is 4.44. The Morgan fingerprint density at radius 1 is 1.10 bits per heavy atom. The van der Waals surface area contributed by atoms with Crippen molar-refractivity contribution < 1.29 is 9.59 Å². The normalized spacial score (nSPS) is 24.6. The van der Waals surface area contributed by atoms with Gasteiger partial charge in [0.05, 0.1) is 6.54 Å². The summed E-state index contributed by atoms with van der Waals surface area (Å²) in [6.07, 6.45) is 6.22. The van der Waals surface area contributed by atoms with Gasteiger partial charge in [0, 0.05) is 38.6 Å². The monoisotopic (exact) mass is 296 g/mol. The summed E-state index contributed by atoms with van der Waals surface area (Å²) in [5, 5.41) is 3.49. The molecule has 6 nitrogen and oxygen atoms in total. The summed E-state index contributed by atoms with van der Waals surface area (Å²) in [6.45, 7) is 4.49. The highest BCUT2D eigenvalue weighted by atomic mass is 16.2. The van der Waals surface area contributed by atoms with Crippen LogP contribution >= 0.6 is 0 Å². The Hall–Kier alpha value is -1.14. The lowest BCUT2D eigenvalue weighted by Gasteiger charge is -2.25. The Morgan fingerprint density at radius 2 is 1.95 bits per heavy atom. The van der Waals surface area contributed by atoms with E-state index in [-0.39, 0.29) is 11.8 Å². The first kappa shape index (κ1) is 16.2. The highest BCUT2D eigenvalue weighted by Gasteiger charge is 2.21.